The maximum absolute atomic E-state index is 12.2. The number of carbonyl (C=O) groups excluding carboxylic acids is 2. The Morgan fingerprint density at radius 1 is 1.04 bits per heavy atom. The van der Waals surface area contributed by atoms with Crippen molar-refractivity contribution in [3.05, 3.63) is 58.1 Å². The molecule has 2 rings (SSSR count). The average molecular weight is 407 g/mol. The summed E-state index contributed by atoms with van der Waals surface area (Å²) in [7, 11) is 1.50. The van der Waals surface area contributed by atoms with E-state index in [4.69, 9.17) is 9.47 Å². The lowest BCUT2D eigenvalue weighted by atomic mass is 10.2. The van der Waals surface area contributed by atoms with Gasteiger partial charge in [0.2, 0.25) is 0 Å². The molecule has 0 saturated heterocycles. The molecular formula is C18H19BrN2O4. The molecule has 7 heteroatoms. The second-order valence-electron chi connectivity index (χ2n) is 5.10. The van der Waals surface area contributed by atoms with Gasteiger partial charge in [0.25, 0.3) is 11.8 Å². The van der Waals surface area contributed by atoms with Gasteiger partial charge in [-0.15, -0.1) is 0 Å². The quantitative estimate of drug-likeness (QED) is 0.721. The van der Waals surface area contributed by atoms with Crippen molar-refractivity contribution in [2.75, 3.05) is 13.7 Å². The number of benzene rings is 2. The monoisotopic (exact) mass is 406 g/mol. The molecule has 2 aromatic rings. The molecule has 132 valence electrons. The number of halogens is 1. The zero-order valence-electron chi connectivity index (χ0n) is 14.0. The zero-order valence-corrected chi connectivity index (χ0v) is 15.6. The number of methoxy groups -OCH3 is 1. The van der Waals surface area contributed by atoms with Crippen LogP contribution in [0.15, 0.2) is 46.9 Å². The number of hydrazine groups is 1. The number of rotatable bonds is 6. The van der Waals surface area contributed by atoms with Crippen molar-refractivity contribution in [2.45, 2.75) is 13.3 Å². The van der Waals surface area contributed by atoms with Gasteiger partial charge in [-0.1, -0.05) is 19.1 Å². The smallest absolute Gasteiger partial charge is 0.270 e. The molecule has 0 bridgehead atoms. The van der Waals surface area contributed by atoms with Gasteiger partial charge in [0.15, 0.2) is 11.5 Å². The van der Waals surface area contributed by atoms with Gasteiger partial charge in [0.1, 0.15) is 0 Å². The van der Waals surface area contributed by atoms with E-state index < -0.39 is 11.8 Å². The van der Waals surface area contributed by atoms with E-state index >= 15 is 0 Å². The molecule has 6 nitrogen and oxygen atoms in total. The first-order chi connectivity index (χ1) is 12.1. The van der Waals surface area contributed by atoms with Crippen LogP contribution in [0.5, 0.6) is 11.5 Å². The number of hydrogen-bond acceptors (Lipinski definition) is 4. The standard InChI is InChI=1S/C18H19BrN2O4/c1-3-10-25-15-9-8-12(11-16(15)24-2)17(22)20-21-18(23)13-6-4-5-7-14(13)19/h4-9,11H,3,10H2,1-2H3,(H,20,22)(H,21,23). The highest BCUT2D eigenvalue weighted by Crippen LogP contribution is 2.28. The minimum absolute atomic E-state index is 0.341. The van der Waals surface area contributed by atoms with E-state index in [1.165, 1.54) is 7.11 Å². The lowest BCUT2D eigenvalue weighted by molar-refractivity contribution is 0.0846. The number of hydrogen-bond donors (Lipinski definition) is 2. The maximum Gasteiger partial charge on any atom is 0.270 e. The minimum Gasteiger partial charge on any atom is -0.493 e. The first-order valence-corrected chi connectivity index (χ1v) is 8.52. The van der Waals surface area contributed by atoms with Crippen molar-refractivity contribution >= 4 is 27.7 Å². The van der Waals surface area contributed by atoms with Gasteiger partial charge in [-0.2, -0.15) is 0 Å². The van der Waals surface area contributed by atoms with Crippen LogP contribution in [-0.4, -0.2) is 25.5 Å². The molecule has 0 unspecified atom stereocenters. The fourth-order valence-corrected chi connectivity index (χ4v) is 2.50. The highest BCUT2D eigenvalue weighted by Gasteiger charge is 2.13. The van der Waals surface area contributed by atoms with Crippen LogP contribution in [0.4, 0.5) is 0 Å². The van der Waals surface area contributed by atoms with Crippen LogP contribution in [0.3, 0.4) is 0 Å². The Balaban J connectivity index is 2.03. The van der Waals surface area contributed by atoms with Gasteiger partial charge in [-0.3, -0.25) is 20.4 Å². The molecule has 0 spiro atoms. The average Bonchev–Trinajstić information content (AvgIpc) is 2.64. The number of carbonyl (C=O) groups is 2. The molecule has 0 aliphatic rings. The third-order valence-electron chi connectivity index (χ3n) is 3.30. The Morgan fingerprint density at radius 2 is 1.76 bits per heavy atom. The molecule has 0 aliphatic heterocycles. The SMILES string of the molecule is CCCOc1ccc(C(=O)NNC(=O)c2ccccc2Br)cc1OC. The van der Waals surface area contributed by atoms with Crippen LogP contribution in [0, 0.1) is 0 Å². The molecular weight excluding hydrogens is 388 g/mol. The molecule has 0 saturated carbocycles. The Bertz CT molecular complexity index is 764. The molecule has 0 aromatic heterocycles. The lowest BCUT2D eigenvalue weighted by Gasteiger charge is -2.12. The molecule has 2 amide bonds. The summed E-state index contributed by atoms with van der Waals surface area (Å²) in [5.74, 6) is 0.146. The van der Waals surface area contributed by atoms with Crippen LogP contribution in [0.1, 0.15) is 34.1 Å². The Labute approximate surface area is 154 Å². The second kappa shape index (κ2) is 9.08. The van der Waals surface area contributed by atoms with Crippen molar-refractivity contribution in [1.29, 1.82) is 0 Å². The Morgan fingerprint density at radius 3 is 2.44 bits per heavy atom. The summed E-state index contributed by atoms with van der Waals surface area (Å²) in [4.78, 5) is 24.3. The van der Waals surface area contributed by atoms with E-state index in [-0.39, 0.29) is 0 Å². The molecule has 25 heavy (non-hydrogen) atoms. The molecule has 2 aromatic carbocycles. The largest absolute Gasteiger partial charge is 0.493 e. The number of nitrogens with one attached hydrogen (secondary N) is 2. The summed E-state index contributed by atoms with van der Waals surface area (Å²) in [5.41, 5.74) is 5.53. The second-order valence-corrected chi connectivity index (χ2v) is 5.96. The van der Waals surface area contributed by atoms with Gasteiger partial charge < -0.3 is 9.47 Å². The highest BCUT2D eigenvalue weighted by molar-refractivity contribution is 9.10. The fourth-order valence-electron chi connectivity index (χ4n) is 2.04. The predicted molar refractivity (Wildman–Crippen MR) is 97.9 cm³/mol. The maximum atomic E-state index is 12.2. The summed E-state index contributed by atoms with van der Waals surface area (Å²) in [6.07, 6.45) is 0.868. The van der Waals surface area contributed by atoms with Crippen LogP contribution in [0.2, 0.25) is 0 Å². The van der Waals surface area contributed by atoms with E-state index in [2.05, 4.69) is 26.8 Å². The predicted octanol–water partition coefficient (Wildman–Crippen LogP) is 3.32. The fraction of sp³-hybridized carbons (Fsp3) is 0.222. The molecule has 0 heterocycles. The number of ether oxygens (including phenoxy) is 2. The normalized spacial score (nSPS) is 10.0. The first-order valence-electron chi connectivity index (χ1n) is 7.72. The van der Waals surface area contributed by atoms with E-state index in [0.29, 0.717) is 33.7 Å². The molecule has 0 fully saturated rings. The summed E-state index contributed by atoms with van der Waals surface area (Å²) >= 11 is 3.29. The lowest BCUT2D eigenvalue weighted by Crippen LogP contribution is -2.41. The summed E-state index contributed by atoms with van der Waals surface area (Å²) in [5, 5.41) is 0. The van der Waals surface area contributed by atoms with Crippen LogP contribution in [0.25, 0.3) is 0 Å². The van der Waals surface area contributed by atoms with Crippen molar-refractivity contribution in [3.8, 4) is 11.5 Å². The highest BCUT2D eigenvalue weighted by atomic mass is 79.9. The van der Waals surface area contributed by atoms with E-state index in [1.54, 1.807) is 42.5 Å². The van der Waals surface area contributed by atoms with Crippen molar-refractivity contribution in [3.63, 3.8) is 0 Å². The van der Waals surface area contributed by atoms with Crippen molar-refractivity contribution < 1.29 is 19.1 Å². The van der Waals surface area contributed by atoms with Gasteiger partial charge in [-0.25, -0.2) is 0 Å². The van der Waals surface area contributed by atoms with E-state index in [0.717, 1.165) is 6.42 Å². The van der Waals surface area contributed by atoms with Crippen LogP contribution >= 0.6 is 15.9 Å². The van der Waals surface area contributed by atoms with Gasteiger partial charge in [0, 0.05) is 10.0 Å². The summed E-state index contributed by atoms with van der Waals surface area (Å²) in [6, 6.07) is 11.8. The van der Waals surface area contributed by atoms with Crippen molar-refractivity contribution in [2.24, 2.45) is 0 Å². The topological polar surface area (TPSA) is 76.7 Å². The number of amides is 2. The Hall–Kier alpha value is -2.54. The third kappa shape index (κ3) is 4.96. The molecule has 0 atom stereocenters. The molecule has 0 radical (unpaired) electrons. The van der Waals surface area contributed by atoms with Crippen molar-refractivity contribution in [1.82, 2.24) is 10.9 Å². The zero-order chi connectivity index (χ0) is 18.2. The van der Waals surface area contributed by atoms with Gasteiger partial charge in [0.05, 0.1) is 19.3 Å². The summed E-state index contributed by atoms with van der Waals surface area (Å²) in [6.45, 7) is 2.56. The van der Waals surface area contributed by atoms with Gasteiger partial charge in [-0.05, 0) is 52.7 Å². The van der Waals surface area contributed by atoms with E-state index in [9.17, 15) is 9.59 Å². The third-order valence-corrected chi connectivity index (χ3v) is 3.99. The first kappa shape index (κ1) is 18.8. The van der Waals surface area contributed by atoms with Crippen LogP contribution < -0.4 is 20.3 Å². The van der Waals surface area contributed by atoms with E-state index in [1.807, 2.05) is 6.92 Å². The minimum atomic E-state index is -0.458. The molecule has 2 N–H and O–H groups in total. The van der Waals surface area contributed by atoms with Gasteiger partial charge >= 0.3 is 0 Å². The molecule has 0 aliphatic carbocycles. The van der Waals surface area contributed by atoms with Crippen LogP contribution in [-0.2, 0) is 0 Å². The Kier molecular flexibility index (Phi) is 6.82. The summed E-state index contributed by atoms with van der Waals surface area (Å²) < 4.78 is 11.4.